The highest BCUT2D eigenvalue weighted by atomic mass is 16.3. The normalized spacial score (nSPS) is 22.8. The molecule has 1 unspecified atom stereocenters. The lowest BCUT2D eigenvalue weighted by Crippen LogP contribution is -2.56. The lowest BCUT2D eigenvalue weighted by Gasteiger charge is -2.48. The van der Waals surface area contributed by atoms with Gasteiger partial charge in [0.05, 0.1) is 6.61 Å². The molecule has 3 rings (SSSR count). The fourth-order valence-electron chi connectivity index (χ4n) is 5.31. The average molecular weight is 287 g/mol. The van der Waals surface area contributed by atoms with E-state index in [1.165, 1.54) is 56.9 Å². The Kier molecular flexibility index (Phi) is 4.66. The van der Waals surface area contributed by atoms with Gasteiger partial charge in [0.25, 0.3) is 0 Å². The van der Waals surface area contributed by atoms with Crippen LogP contribution in [0.5, 0.6) is 0 Å². The molecule has 2 aliphatic rings. The van der Waals surface area contributed by atoms with Crippen molar-refractivity contribution in [3.8, 4) is 0 Å². The molecule has 2 aliphatic carbocycles. The first-order valence-corrected chi connectivity index (χ1v) is 8.72. The van der Waals surface area contributed by atoms with Crippen molar-refractivity contribution in [3.63, 3.8) is 0 Å². The molecule has 21 heavy (non-hydrogen) atoms. The van der Waals surface area contributed by atoms with E-state index in [2.05, 4.69) is 30.3 Å². The summed E-state index contributed by atoms with van der Waals surface area (Å²) >= 11 is 0. The Hall–Kier alpha value is -0.860. The van der Waals surface area contributed by atoms with E-state index in [0.29, 0.717) is 11.8 Å². The number of nitrogens with two attached hydrogens (primary N) is 1. The summed E-state index contributed by atoms with van der Waals surface area (Å²) in [5, 5.41) is 9.93. The van der Waals surface area contributed by atoms with Gasteiger partial charge in [0, 0.05) is 11.5 Å². The van der Waals surface area contributed by atoms with Crippen molar-refractivity contribution < 1.29 is 5.11 Å². The van der Waals surface area contributed by atoms with E-state index in [9.17, 15) is 5.11 Å². The Balaban J connectivity index is 2.09. The Bertz CT molecular complexity index is 416. The van der Waals surface area contributed by atoms with E-state index in [4.69, 9.17) is 5.73 Å². The molecule has 0 aliphatic heterocycles. The van der Waals surface area contributed by atoms with Crippen LogP contribution in [0.25, 0.3) is 0 Å². The van der Waals surface area contributed by atoms with Gasteiger partial charge in [-0.15, -0.1) is 0 Å². The Morgan fingerprint density at radius 1 is 0.952 bits per heavy atom. The number of aliphatic hydroxyl groups excluding tert-OH is 1. The maximum absolute atomic E-state index is 9.93. The molecular formula is C19H29NO. The molecule has 0 radical (unpaired) electrons. The van der Waals surface area contributed by atoms with Gasteiger partial charge in [-0.3, -0.25) is 0 Å². The number of aliphatic hydroxyl groups is 1. The molecule has 3 N–H and O–H groups in total. The molecule has 0 amide bonds. The van der Waals surface area contributed by atoms with Gasteiger partial charge in [-0.2, -0.15) is 0 Å². The summed E-state index contributed by atoms with van der Waals surface area (Å²) in [7, 11) is 0. The van der Waals surface area contributed by atoms with Crippen LogP contribution in [0.4, 0.5) is 0 Å². The van der Waals surface area contributed by atoms with Crippen LogP contribution >= 0.6 is 0 Å². The Morgan fingerprint density at radius 2 is 1.43 bits per heavy atom. The molecule has 2 saturated carbocycles. The van der Waals surface area contributed by atoms with Crippen molar-refractivity contribution in [2.24, 2.45) is 17.6 Å². The summed E-state index contributed by atoms with van der Waals surface area (Å²) in [6.07, 6.45) is 10.4. The molecule has 0 bridgehead atoms. The molecule has 0 aromatic heterocycles. The van der Waals surface area contributed by atoms with Gasteiger partial charge in [0.2, 0.25) is 0 Å². The molecule has 1 aromatic rings. The molecule has 1 aromatic carbocycles. The molecule has 0 saturated heterocycles. The fourth-order valence-corrected chi connectivity index (χ4v) is 5.31. The first kappa shape index (κ1) is 15.1. The smallest absolute Gasteiger partial charge is 0.0591 e. The minimum Gasteiger partial charge on any atom is -0.395 e. The van der Waals surface area contributed by atoms with Crippen LogP contribution in [-0.4, -0.2) is 17.8 Å². The van der Waals surface area contributed by atoms with Gasteiger partial charge in [0.15, 0.2) is 0 Å². The topological polar surface area (TPSA) is 46.2 Å². The summed E-state index contributed by atoms with van der Waals surface area (Å²) in [5.41, 5.74) is 7.96. The van der Waals surface area contributed by atoms with Crippen LogP contribution in [0.15, 0.2) is 30.3 Å². The van der Waals surface area contributed by atoms with Gasteiger partial charge >= 0.3 is 0 Å². The van der Waals surface area contributed by atoms with Crippen LogP contribution in [0.2, 0.25) is 0 Å². The highest BCUT2D eigenvalue weighted by Gasteiger charge is 2.51. The van der Waals surface area contributed by atoms with E-state index < -0.39 is 0 Å². The minimum atomic E-state index is -0.133. The number of rotatable bonds is 5. The number of hydrogen-bond acceptors (Lipinski definition) is 2. The highest BCUT2D eigenvalue weighted by molar-refractivity contribution is 5.31. The lowest BCUT2D eigenvalue weighted by molar-refractivity contribution is 0.0944. The third-order valence-corrected chi connectivity index (χ3v) is 6.15. The number of hydrogen-bond donors (Lipinski definition) is 2. The molecule has 2 nitrogen and oxygen atoms in total. The summed E-state index contributed by atoms with van der Waals surface area (Å²) in [5.74, 6) is 1.29. The Morgan fingerprint density at radius 3 is 1.86 bits per heavy atom. The summed E-state index contributed by atoms with van der Waals surface area (Å²) in [6.45, 7) is 0.0991. The molecular weight excluding hydrogens is 258 g/mol. The van der Waals surface area contributed by atoms with Crippen LogP contribution in [0.3, 0.4) is 0 Å². The van der Waals surface area contributed by atoms with Crippen LogP contribution < -0.4 is 5.73 Å². The van der Waals surface area contributed by atoms with Crippen LogP contribution in [-0.2, 0) is 5.41 Å². The predicted octanol–water partition coefficient (Wildman–Crippen LogP) is 3.62. The van der Waals surface area contributed by atoms with Gasteiger partial charge in [-0.1, -0.05) is 56.0 Å². The monoisotopic (exact) mass is 287 g/mol. The quantitative estimate of drug-likeness (QED) is 0.869. The lowest BCUT2D eigenvalue weighted by atomic mass is 9.57. The van der Waals surface area contributed by atoms with Crippen molar-refractivity contribution in [2.75, 3.05) is 6.61 Å². The van der Waals surface area contributed by atoms with Crippen molar-refractivity contribution in [1.82, 2.24) is 0 Å². The second-order valence-corrected chi connectivity index (χ2v) is 7.05. The molecule has 0 heterocycles. The van der Waals surface area contributed by atoms with E-state index in [-0.39, 0.29) is 18.1 Å². The number of benzene rings is 1. The summed E-state index contributed by atoms with van der Waals surface area (Å²) in [4.78, 5) is 0. The maximum atomic E-state index is 9.93. The zero-order chi connectivity index (χ0) is 14.7. The third kappa shape index (κ3) is 2.53. The maximum Gasteiger partial charge on any atom is 0.0591 e. The second-order valence-electron chi connectivity index (χ2n) is 7.05. The van der Waals surface area contributed by atoms with E-state index >= 15 is 0 Å². The van der Waals surface area contributed by atoms with Crippen LogP contribution in [0, 0.1) is 11.8 Å². The van der Waals surface area contributed by atoms with Crippen molar-refractivity contribution in [1.29, 1.82) is 0 Å². The largest absolute Gasteiger partial charge is 0.395 e. The van der Waals surface area contributed by atoms with Crippen molar-refractivity contribution in [2.45, 2.75) is 62.8 Å². The fraction of sp³-hybridized carbons (Fsp3) is 0.684. The molecule has 0 spiro atoms. The molecule has 2 heteroatoms. The molecule has 116 valence electrons. The zero-order valence-electron chi connectivity index (χ0n) is 13.0. The van der Waals surface area contributed by atoms with E-state index in [0.717, 1.165) is 0 Å². The van der Waals surface area contributed by atoms with Crippen LogP contribution in [0.1, 0.15) is 56.9 Å². The third-order valence-electron chi connectivity index (χ3n) is 6.15. The zero-order valence-corrected chi connectivity index (χ0v) is 13.0. The first-order chi connectivity index (χ1) is 10.3. The second kappa shape index (κ2) is 6.50. The highest BCUT2D eigenvalue weighted by Crippen LogP contribution is 2.53. The van der Waals surface area contributed by atoms with E-state index in [1.807, 2.05) is 0 Å². The van der Waals surface area contributed by atoms with Gasteiger partial charge in [-0.25, -0.2) is 0 Å². The SMILES string of the molecule is NC(CO)C(c1ccccc1)(C1CCCC1)C1CCCC1. The van der Waals surface area contributed by atoms with Crippen molar-refractivity contribution in [3.05, 3.63) is 35.9 Å². The van der Waals surface area contributed by atoms with Crippen molar-refractivity contribution >= 4 is 0 Å². The molecule has 2 fully saturated rings. The minimum absolute atomic E-state index is 0.0109. The predicted molar refractivity (Wildman–Crippen MR) is 87.1 cm³/mol. The molecule has 1 atom stereocenters. The summed E-state index contributed by atoms with van der Waals surface area (Å²) < 4.78 is 0. The van der Waals surface area contributed by atoms with Gasteiger partial charge in [0.1, 0.15) is 0 Å². The standard InChI is InChI=1S/C19H29NO/c20-18(14-21)19(16-10-4-5-11-16,17-12-6-7-13-17)15-8-2-1-3-9-15/h1-3,8-9,16-18,21H,4-7,10-14,20H2. The average Bonchev–Trinajstić information content (AvgIpc) is 3.23. The summed E-state index contributed by atoms with van der Waals surface area (Å²) in [6, 6.07) is 10.7. The van der Waals surface area contributed by atoms with E-state index in [1.54, 1.807) is 0 Å². The van der Waals surface area contributed by atoms with Gasteiger partial charge < -0.3 is 10.8 Å². The Labute approximate surface area is 128 Å². The first-order valence-electron chi connectivity index (χ1n) is 8.72. The van der Waals surface area contributed by atoms with Gasteiger partial charge in [-0.05, 0) is 43.1 Å².